The fourth-order valence-electron chi connectivity index (χ4n) is 2.94. The van der Waals surface area contributed by atoms with Crippen molar-refractivity contribution in [2.45, 2.75) is 44.6 Å². The van der Waals surface area contributed by atoms with Crippen LogP contribution in [0.5, 0.6) is 0 Å². The summed E-state index contributed by atoms with van der Waals surface area (Å²) in [6, 6.07) is 0.785. The molecule has 2 aliphatic rings. The highest BCUT2D eigenvalue weighted by atomic mass is 16.5. The molecule has 0 aromatic heterocycles. The summed E-state index contributed by atoms with van der Waals surface area (Å²) in [5.74, 6) is 0. The van der Waals surface area contributed by atoms with E-state index in [2.05, 4.69) is 17.3 Å². The Morgan fingerprint density at radius 2 is 2.16 bits per heavy atom. The lowest BCUT2D eigenvalue weighted by atomic mass is 9.86. The van der Waals surface area contributed by atoms with Crippen LogP contribution in [0.15, 0.2) is 0 Å². The molecular weight excluding hydrogens is 240 g/mol. The van der Waals surface area contributed by atoms with Crippen molar-refractivity contribution < 1.29 is 9.84 Å². The predicted molar refractivity (Wildman–Crippen MR) is 77.3 cm³/mol. The van der Waals surface area contributed by atoms with Crippen molar-refractivity contribution in [1.29, 1.82) is 0 Å². The number of aliphatic hydroxyl groups excluding tert-OH is 1. The van der Waals surface area contributed by atoms with Crippen LogP contribution in [0.2, 0.25) is 0 Å². The standard InChI is InChI=1S/C15H30N2O2/c1-17(8-3-2-4-9-18)12-15(7-10-19-13-15)11-16-14-5-6-14/h14,16,18H,2-13H2,1H3. The van der Waals surface area contributed by atoms with Crippen LogP contribution in [0.25, 0.3) is 0 Å². The third-order valence-electron chi connectivity index (χ3n) is 4.33. The topological polar surface area (TPSA) is 44.7 Å². The van der Waals surface area contributed by atoms with Crippen molar-refractivity contribution in [2.75, 3.05) is 46.5 Å². The van der Waals surface area contributed by atoms with Gasteiger partial charge in [0, 0.05) is 37.8 Å². The Balaban J connectivity index is 1.68. The Bertz CT molecular complexity index is 251. The largest absolute Gasteiger partial charge is 0.396 e. The van der Waals surface area contributed by atoms with Crippen molar-refractivity contribution in [3.8, 4) is 0 Å². The molecule has 1 saturated carbocycles. The van der Waals surface area contributed by atoms with E-state index in [-0.39, 0.29) is 0 Å². The quantitative estimate of drug-likeness (QED) is 0.586. The molecule has 1 saturated heterocycles. The second-order valence-electron chi connectivity index (χ2n) is 6.48. The smallest absolute Gasteiger partial charge is 0.0547 e. The number of rotatable bonds is 10. The monoisotopic (exact) mass is 270 g/mol. The molecule has 0 amide bonds. The van der Waals surface area contributed by atoms with Crippen molar-refractivity contribution in [2.24, 2.45) is 5.41 Å². The first-order valence-electron chi connectivity index (χ1n) is 7.85. The number of nitrogens with one attached hydrogen (secondary N) is 1. The molecule has 0 bridgehead atoms. The minimum Gasteiger partial charge on any atom is -0.396 e. The van der Waals surface area contributed by atoms with Crippen LogP contribution >= 0.6 is 0 Å². The lowest BCUT2D eigenvalue weighted by Gasteiger charge is -2.32. The molecule has 1 atom stereocenters. The van der Waals surface area contributed by atoms with E-state index in [9.17, 15) is 0 Å². The molecule has 0 spiro atoms. The second-order valence-corrected chi connectivity index (χ2v) is 6.48. The van der Waals surface area contributed by atoms with Gasteiger partial charge in [0.1, 0.15) is 0 Å². The van der Waals surface area contributed by atoms with Crippen LogP contribution in [0.4, 0.5) is 0 Å². The summed E-state index contributed by atoms with van der Waals surface area (Å²) >= 11 is 0. The van der Waals surface area contributed by atoms with Gasteiger partial charge in [0.2, 0.25) is 0 Å². The average molecular weight is 270 g/mol. The first kappa shape index (κ1) is 15.2. The van der Waals surface area contributed by atoms with Gasteiger partial charge in [-0.15, -0.1) is 0 Å². The SMILES string of the molecule is CN(CCCCCO)CC1(CNC2CC2)CCOC1. The van der Waals surface area contributed by atoms with Crippen LogP contribution in [0.1, 0.15) is 38.5 Å². The molecule has 0 aromatic rings. The number of aliphatic hydroxyl groups is 1. The number of ether oxygens (including phenoxy) is 1. The van der Waals surface area contributed by atoms with Gasteiger partial charge in [0.15, 0.2) is 0 Å². The minimum atomic E-state index is 0.326. The molecule has 2 N–H and O–H groups in total. The predicted octanol–water partition coefficient (Wildman–Crippen LogP) is 1.24. The summed E-state index contributed by atoms with van der Waals surface area (Å²) < 4.78 is 5.66. The molecule has 1 heterocycles. The Kier molecular flexibility index (Phi) is 6.07. The maximum atomic E-state index is 8.79. The summed E-state index contributed by atoms with van der Waals surface area (Å²) in [5, 5.41) is 12.5. The molecule has 2 rings (SSSR count). The van der Waals surface area contributed by atoms with Crippen molar-refractivity contribution >= 4 is 0 Å². The van der Waals surface area contributed by atoms with Gasteiger partial charge in [0.05, 0.1) is 6.61 Å². The van der Waals surface area contributed by atoms with Crippen molar-refractivity contribution in [3.63, 3.8) is 0 Å². The molecule has 0 radical (unpaired) electrons. The van der Waals surface area contributed by atoms with E-state index < -0.39 is 0 Å². The van der Waals surface area contributed by atoms with Gasteiger partial charge >= 0.3 is 0 Å². The molecule has 1 aliphatic carbocycles. The third-order valence-corrected chi connectivity index (χ3v) is 4.33. The summed E-state index contributed by atoms with van der Waals surface area (Å²) in [4.78, 5) is 2.45. The van der Waals surface area contributed by atoms with Crippen LogP contribution in [0.3, 0.4) is 0 Å². The third kappa shape index (κ3) is 5.38. The van der Waals surface area contributed by atoms with Gasteiger partial charge < -0.3 is 20.1 Å². The lowest BCUT2D eigenvalue weighted by Crippen LogP contribution is -2.44. The van der Waals surface area contributed by atoms with E-state index in [1.54, 1.807) is 0 Å². The molecule has 19 heavy (non-hydrogen) atoms. The minimum absolute atomic E-state index is 0.326. The van der Waals surface area contributed by atoms with Crippen LogP contribution in [-0.4, -0.2) is 62.6 Å². The summed E-state index contributed by atoms with van der Waals surface area (Å²) in [6.07, 6.45) is 7.15. The van der Waals surface area contributed by atoms with Crippen molar-refractivity contribution in [1.82, 2.24) is 10.2 Å². The first-order valence-corrected chi connectivity index (χ1v) is 7.85. The van der Waals surface area contributed by atoms with Gasteiger partial charge in [-0.3, -0.25) is 0 Å². The summed E-state index contributed by atoms with van der Waals surface area (Å²) in [6.45, 7) is 5.53. The normalized spacial score (nSPS) is 27.3. The number of unbranched alkanes of at least 4 members (excludes halogenated alkanes) is 2. The molecule has 1 aliphatic heterocycles. The second kappa shape index (κ2) is 7.58. The van der Waals surface area contributed by atoms with E-state index in [0.717, 1.165) is 51.7 Å². The van der Waals surface area contributed by atoms with E-state index in [1.165, 1.54) is 25.7 Å². The van der Waals surface area contributed by atoms with Gasteiger partial charge in [0.25, 0.3) is 0 Å². The fourth-order valence-corrected chi connectivity index (χ4v) is 2.94. The number of nitrogens with zero attached hydrogens (tertiary/aromatic N) is 1. The van der Waals surface area contributed by atoms with Gasteiger partial charge in [-0.1, -0.05) is 0 Å². The van der Waals surface area contributed by atoms with Crippen molar-refractivity contribution in [3.05, 3.63) is 0 Å². The Morgan fingerprint density at radius 1 is 1.32 bits per heavy atom. The molecule has 2 fully saturated rings. The highest BCUT2D eigenvalue weighted by molar-refractivity contribution is 4.91. The van der Waals surface area contributed by atoms with Gasteiger partial charge in [-0.2, -0.15) is 0 Å². The highest BCUT2D eigenvalue weighted by Crippen LogP contribution is 2.30. The van der Waals surface area contributed by atoms with Crippen LogP contribution < -0.4 is 5.32 Å². The zero-order valence-electron chi connectivity index (χ0n) is 12.4. The Morgan fingerprint density at radius 3 is 2.79 bits per heavy atom. The van der Waals surface area contributed by atoms with E-state index in [1.807, 2.05) is 0 Å². The Labute approximate surface area is 117 Å². The van der Waals surface area contributed by atoms with E-state index in [4.69, 9.17) is 9.84 Å². The zero-order chi connectivity index (χ0) is 13.6. The number of hydrogen-bond acceptors (Lipinski definition) is 4. The molecule has 1 unspecified atom stereocenters. The van der Waals surface area contributed by atoms with Gasteiger partial charge in [-0.05, 0) is 52.1 Å². The number of hydrogen-bond donors (Lipinski definition) is 2. The lowest BCUT2D eigenvalue weighted by molar-refractivity contribution is 0.117. The Hall–Kier alpha value is -0.160. The molecule has 0 aromatic carbocycles. The van der Waals surface area contributed by atoms with Crippen LogP contribution in [-0.2, 0) is 4.74 Å². The maximum Gasteiger partial charge on any atom is 0.0547 e. The van der Waals surface area contributed by atoms with Gasteiger partial charge in [-0.25, -0.2) is 0 Å². The molecule has 4 heteroatoms. The van der Waals surface area contributed by atoms with Crippen LogP contribution in [0, 0.1) is 5.41 Å². The fraction of sp³-hybridized carbons (Fsp3) is 1.00. The first-order chi connectivity index (χ1) is 9.24. The maximum absolute atomic E-state index is 8.79. The van der Waals surface area contributed by atoms with E-state index >= 15 is 0 Å². The van der Waals surface area contributed by atoms with E-state index in [0.29, 0.717) is 12.0 Å². The highest BCUT2D eigenvalue weighted by Gasteiger charge is 2.37. The molecule has 4 nitrogen and oxygen atoms in total. The zero-order valence-corrected chi connectivity index (χ0v) is 12.4. The molecular formula is C15H30N2O2. The molecule has 112 valence electrons. The average Bonchev–Trinajstić information content (AvgIpc) is 3.13. The summed E-state index contributed by atoms with van der Waals surface area (Å²) in [7, 11) is 2.22. The summed E-state index contributed by atoms with van der Waals surface area (Å²) in [5.41, 5.74) is 0.328.